The third kappa shape index (κ3) is 49.9. The molecule has 0 atom stereocenters. The normalized spacial score (nSPS) is 23.8. The van der Waals surface area contributed by atoms with Gasteiger partial charge in [-0.15, -0.1) is 0 Å². The second kappa shape index (κ2) is 64.1. The number of ether oxygens (including phenoxy) is 8. The molecule has 4 spiro atoms. The fraction of sp³-hybridized carbons (Fsp3) is 0.898. The van der Waals surface area contributed by atoms with Crippen LogP contribution in [0.15, 0.2) is 0 Å². The van der Waals surface area contributed by atoms with E-state index in [9.17, 15) is 47.9 Å². The number of nitrogens with one attached hydrogen (secondary N) is 2. The minimum absolute atomic E-state index is 0. The maximum Gasteiger partial charge on any atom is 0.410 e. The number of likely N-dealkylation sites (tertiary alicyclic amines) is 7. The van der Waals surface area contributed by atoms with E-state index in [4.69, 9.17) is 70.9 Å². The molecule has 8 N–H and O–H groups in total. The van der Waals surface area contributed by atoms with Gasteiger partial charge < -0.3 is 109 Å². The Morgan fingerprint density at radius 3 is 0.894 bits per heavy atom. The number of esters is 3. The van der Waals surface area contributed by atoms with Gasteiger partial charge in [-0.25, -0.2) is 24.0 Å². The van der Waals surface area contributed by atoms with E-state index in [0.29, 0.717) is 111 Å². The van der Waals surface area contributed by atoms with Crippen LogP contribution in [0.2, 0.25) is 0 Å². The fourth-order valence-electron chi connectivity index (χ4n) is 18.0. The molecule has 4 aliphatic carbocycles. The van der Waals surface area contributed by atoms with Crippen LogP contribution < -0.4 is 16.4 Å². The van der Waals surface area contributed by atoms with Gasteiger partial charge in [0.1, 0.15) is 17.0 Å². The number of hydrogen-bond donors (Lipinski definition) is 7. The summed E-state index contributed by atoms with van der Waals surface area (Å²) in [5, 5.41) is 38.5. The van der Waals surface area contributed by atoms with Crippen LogP contribution in [0.3, 0.4) is 0 Å². The summed E-state index contributed by atoms with van der Waals surface area (Å²) in [5.41, 5.74) is 4.58. The van der Waals surface area contributed by atoms with Crippen molar-refractivity contribution in [2.45, 2.75) is 356 Å². The van der Waals surface area contributed by atoms with Gasteiger partial charge in [0.15, 0.2) is 0 Å². The van der Waals surface area contributed by atoms with Gasteiger partial charge in [-0.1, -0.05) is 35.1 Å². The first-order valence-corrected chi connectivity index (χ1v) is 49.5. The van der Waals surface area contributed by atoms with Crippen LogP contribution >= 0.6 is 11.6 Å². The number of hydrogen-bond acceptors (Lipinski definition) is 27. The predicted molar refractivity (Wildman–Crippen MR) is 513 cm³/mol. The molecular weight excluding hydrogens is 1750 g/mol. The van der Waals surface area contributed by atoms with E-state index in [0.717, 1.165) is 201 Å². The molecule has 12 fully saturated rings. The summed E-state index contributed by atoms with van der Waals surface area (Å²) in [4.78, 5) is 131. The Morgan fingerprint density at radius 2 is 0.659 bits per heavy atom. The summed E-state index contributed by atoms with van der Waals surface area (Å²) < 4.78 is 40.5. The number of carbonyl (C=O) groups is 10. The molecule has 8 heterocycles. The van der Waals surface area contributed by atoms with Crippen molar-refractivity contribution in [3.05, 3.63) is 0 Å². The average Bonchev–Trinajstić information content (AvgIpc) is 1.57. The molecule has 0 unspecified atom stereocenters. The van der Waals surface area contributed by atoms with E-state index in [1.807, 2.05) is 90.9 Å². The van der Waals surface area contributed by atoms with Gasteiger partial charge in [-0.05, 0) is 341 Å². The van der Waals surface area contributed by atoms with Gasteiger partial charge in [0, 0.05) is 159 Å². The van der Waals surface area contributed by atoms with Crippen molar-refractivity contribution >= 4 is 71.0 Å². The molecule has 34 heteroatoms. The van der Waals surface area contributed by atoms with Crippen molar-refractivity contribution in [1.29, 1.82) is 0 Å². The van der Waals surface area contributed by atoms with Crippen molar-refractivity contribution in [2.75, 3.05) is 157 Å². The molecule has 0 radical (unpaired) electrons. The number of piperidine rings is 4. The predicted octanol–water partition coefficient (Wildman–Crippen LogP) is 14.5. The number of amides is 5. The van der Waals surface area contributed by atoms with Gasteiger partial charge in [-0.3, -0.25) is 24.0 Å². The third-order valence-corrected chi connectivity index (χ3v) is 24.5. The zero-order valence-corrected chi connectivity index (χ0v) is 87.7. The first kappa shape index (κ1) is 127. The van der Waals surface area contributed by atoms with Crippen LogP contribution in [0.1, 0.15) is 302 Å². The fourth-order valence-corrected chi connectivity index (χ4v) is 18.2. The Bertz CT molecular complexity index is 3220. The number of aliphatic hydroxyl groups is 4. The second-order valence-electron chi connectivity index (χ2n) is 41.1. The largest absolute Gasteiger partial charge is 0.466 e. The number of nitrogens with zero attached hydrogens (tertiary/aromatic N) is 7. The maximum atomic E-state index is 12.3. The second-order valence-corrected chi connectivity index (χ2v) is 41.5. The summed E-state index contributed by atoms with van der Waals surface area (Å²) in [6.45, 7) is 63.1. The number of carbonyl (C=O) groups excluding carboxylic acids is 10. The summed E-state index contributed by atoms with van der Waals surface area (Å²) in [6.07, 6.45) is 18.6. The summed E-state index contributed by atoms with van der Waals surface area (Å²) in [5.74, 6) is 2.16. The summed E-state index contributed by atoms with van der Waals surface area (Å²) in [6, 6.07) is 1.86. The Labute approximate surface area is 815 Å². The van der Waals surface area contributed by atoms with E-state index in [1.165, 1.54) is 25.7 Å². The van der Waals surface area contributed by atoms with E-state index >= 15 is 0 Å². The SMILES string of the molecule is C.CC(C)(C)OC(=O)N1CCC2(CC(=O)C2)C1.CC(C)CN.CC(C)O.CC(C)O.CC(C)O.CC(C)O.CCOC(=O)C1CCN(C2CC3(CCN(C(=O)OC(C)(C)C)C3)C2)CC1.CCOC(=O)C1CCN(C2CC3(CCN(C(=O)OCC)C3)C2)CC1.CCOC(=O)C1CCNCC1.CCOC(=O)Cl.CCOC(=O)N1CCC2(CC(N3CCC(C(=O)NCC(C)C)CC3)C2)C1.[Ti]. The van der Waals surface area contributed by atoms with Gasteiger partial charge in [-0.2, -0.15) is 0 Å². The summed E-state index contributed by atoms with van der Waals surface area (Å²) in [7, 11) is 0. The average molecular weight is 1940 g/mol. The van der Waals surface area contributed by atoms with Gasteiger partial charge in [0.05, 0.1) is 57.4 Å². The number of ketones is 1. The number of Topliss-reactive ketones (excluding diaryl/α,β-unsaturated/α-hetero) is 1. The van der Waals surface area contributed by atoms with Crippen LogP contribution in [0.5, 0.6) is 0 Å². The Balaban J connectivity index is 0.00000153. The molecule has 5 amide bonds. The first-order chi connectivity index (χ1) is 60.8. The van der Waals surface area contributed by atoms with Crippen molar-refractivity contribution in [1.82, 2.24) is 44.9 Å². The minimum Gasteiger partial charge on any atom is -0.466 e. The van der Waals surface area contributed by atoms with Crippen LogP contribution in [0.4, 0.5) is 24.0 Å². The van der Waals surface area contributed by atoms with E-state index in [2.05, 4.69) is 57.8 Å². The molecule has 12 aliphatic rings. The Morgan fingerprint density at radius 1 is 0.409 bits per heavy atom. The molecule has 0 aromatic rings. The van der Waals surface area contributed by atoms with Crippen molar-refractivity contribution in [2.24, 2.45) is 62.9 Å². The molecule has 770 valence electrons. The van der Waals surface area contributed by atoms with Gasteiger partial charge >= 0.3 is 47.7 Å². The maximum absolute atomic E-state index is 12.3. The Hall–Kier alpha value is -5.26. The van der Waals surface area contributed by atoms with Gasteiger partial charge in [0.25, 0.3) is 0 Å². The molecule has 132 heavy (non-hydrogen) atoms. The van der Waals surface area contributed by atoms with Crippen LogP contribution in [0.25, 0.3) is 0 Å². The molecule has 8 saturated heterocycles. The Kier molecular flexibility index (Phi) is 61.5. The number of rotatable bonds is 16. The molecule has 8 aliphatic heterocycles. The molecule has 0 aromatic heterocycles. The van der Waals surface area contributed by atoms with Crippen molar-refractivity contribution < 1.29 is 128 Å². The number of aliphatic hydroxyl groups excluding tert-OH is 4. The molecule has 0 bridgehead atoms. The quantitative estimate of drug-likeness (QED) is 0.0326. The smallest absolute Gasteiger partial charge is 0.410 e. The monoisotopic (exact) mass is 1940 g/mol. The molecule has 0 aromatic carbocycles. The minimum atomic E-state index is -0.738. The van der Waals surface area contributed by atoms with E-state index < -0.39 is 16.6 Å². The van der Waals surface area contributed by atoms with Crippen molar-refractivity contribution in [3.8, 4) is 0 Å². The van der Waals surface area contributed by atoms with Crippen molar-refractivity contribution in [3.63, 3.8) is 0 Å². The first-order valence-electron chi connectivity index (χ1n) is 49.1. The van der Waals surface area contributed by atoms with Crippen LogP contribution in [-0.2, 0) is 83.6 Å². The van der Waals surface area contributed by atoms with Crippen LogP contribution in [-0.4, -0.2) is 325 Å². The third-order valence-electron chi connectivity index (χ3n) is 24.4. The molecule has 32 nitrogen and oxygen atoms in total. The molecular formula is C98H185ClN10O22Ti. The summed E-state index contributed by atoms with van der Waals surface area (Å²) >= 11 is 4.72. The zero-order chi connectivity index (χ0) is 98.5. The van der Waals surface area contributed by atoms with Gasteiger partial charge in [0.2, 0.25) is 5.91 Å². The number of halogens is 1. The molecule has 4 saturated carbocycles. The standard InChI is InChI=1S/C20H35N3O3.C20H34N2O4.C18H30N2O4.C12H19NO3.C8H15NO2.C4H11N.C3H5ClO2.4C3H8O.CH4.Ti/c1-4-26-19(25)23-10-7-20(14-23)11-17(12-20)22-8-5-16(6-9-22)18(24)21-13-15(2)3;1-5-25-17(23)15-6-9-21(10-7-15)16-12-20(13-16)8-11-22(14-20)18(24)26-19(2,3)4;1-3-23-16(21)14-5-8-19(9-6-14)15-11-18(12-15)7-10-20(13-18)17(22)24-4-2;1-11(2,3)16-10(15)13-5-4-12(8-13)6-9(14)7-12;1-2-11-8(10)7-3-5-9-6-4-7;1-4(2)3-5;1-2-6-3(4)5;4*1-3(2)4;;/h15-17H,4-14H2,1-3H3,(H,21,24);15-16H,5-14H2,1-4H3;14-15H,3-13H2,1-2H3;4-8H2,1-3H3;7,9H,2-6H2,1H3;4H,3,5H2,1-2H3;2H2,1H3;4*3-4H,1-2H3;1H4;. The van der Waals surface area contributed by atoms with E-state index in [1.54, 1.807) is 67.2 Å². The zero-order valence-electron chi connectivity index (χ0n) is 85.3. The molecule has 12 rings (SSSR count). The van der Waals surface area contributed by atoms with Crippen LogP contribution in [0, 0.1) is 57.2 Å². The number of nitrogens with two attached hydrogens (primary N) is 1. The topological polar surface area (TPSA) is 398 Å². The van der Waals surface area contributed by atoms with E-state index in [-0.39, 0.29) is 131 Å².